The number of carbonyl (C=O) groups excluding carboxylic acids is 1. The maximum absolute atomic E-state index is 12.0. The standard InChI is InChI=1S/C18H26N2O4/c1-3-23-16-7-14-6-12(2)24-17(14)8-15(16)10-20-18(21)19-9-13-4-5-22-11-13/h7-8,12-13H,3-6,9-11H2,1-2H3,(H2,19,20,21). The molecule has 132 valence electrons. The first-order chi connectivity index (χ1) is 11.7. The molecule has 1 aromatic rings. The van der Waals surface area contributed by atoms with E-state index in [0.29, 0.717) is 25.6 Å². The van der Waals surface area contributed by atoms with Gasteiger partial charge in [-0.05, 0) is 32.4 Å². The number of nitrogens with one attached hydrogen (secondary N) is 2. The highest BCUT2D eigenvalue weighted by Crippen LogP contribution is 2.35. The van der Waals surface area contributed by atoms with E-state index in [2.05, 4.69) is 17.6 Å². The zero-order valence-electron chi connectivity index (χ0n) is 14.4. The van der Waals surface area contributed by atoms with Crippen LogP contribution in [0.2, 0.25) is 0 Å². The zero-order chi connectivity index (χ0) is 16.9. The van der Waals surface area contributed by atoms with Crippen molar-refractivity contribution < 1.29 is 19.0 Å². The molecule has 0 saturated carbocycles. The number of benzene rings is 1. The summed E-state index contributed by atoms with van der Waals surface area (Å²) in [5.74, 6) is 2.13. The number of fused-ring (bicyclic) bond motifs is 1. The summed E-state index contributed by atoms with van der Waals surface area (Å²) in [5.41, 5.74) is 2.10. The SMILES string of the molecule is CCOc1cc2c(cc1CNC(=O)NCC1CCOC1)OC(C)C2. The second-order valence-electron chi connectivity index (χ2n) is 6.43. The van der Waals surface area contributed by atoms with Gasteiger partial charge in [0.25, 0.3) is 0 Å². The summed E-state index contributed by atoms with van der Waals surface area (Å²) in [6.07, 6.45) is 2.09. The van der Waals surface area contributed by atoms with Crippen LogP contribution in [0.25, 0.3) is 0 Å². The van der Waals surface area contributed by atoms with Crippen LogP contribution in [-0.2, 0) is 17.7 Å². The molecule has 0 bridgehead atoms. The maximum atomic E-state index is 12.0. The lowest BCUT2D eigenvalue weighted by Gasteiger charge is -2.14. The van der Waals surface area contributed by atoms with Gasteiger partial charge in [0.05, 0.1) is 13.2 Å². The molecule has 2 heterocycles. The molecule has 1 fully saturated rings. The number of carbonyl (C=O) groups is 1. The van der Waals surface area contributed by atoms with Crippen molar-refractivity contribution in [2.45, 2.75) is 39.3 Å². The van der Waals surface area contributed by atoms with Crippen molar-refractivity contribution in [1.29, 1.82) is 0 Å². The van der Waals surface area contributed by atoms with Crippen molar-refractivity contribution in [3.05, 3.63) is 23.3 Å². The summed E-state index contributed by atoms with van der Waals surface area (Å²) in [7, 11) is 0. The van der Waals surface area contributed by atoms with Crippen LogP contribution < -0.4 is 20.1 Å². The van der Waals surface area contributed by atoms with Gasteiger partial charge < -0.3 is 24.8 Å². The van der Waals surface area contributed by atoms with Crippen molar-refractivity contribution in [2.75, 3.05) is 26.4 Å². The van der Waals surface area contributed by atoms with Crippen LogP contribution in [0.1, 0.15) is 31.4 Å². The number of hydrogen-bond donors (Lipinski definition) is 2. The number of ether oxygens (including phenoxy) is 3. The van der Waals surface area contributed by atoms with E-state index < -0.39 is 0 Å². The first-order valence-corrected chi connectivity index (χ1v) is 8.70. The van der Waals surface area contributed by atoms with Gasteiger partial charge in [-0.15, -0.1) is 0 Å². The average Bonchev–Trinajstić information content (AvgIpc) is 3.19. The Morgan fingerprint density at radius 1 is 1.38 bits per heavy atom. The number of urea groups is 1. The molecule has 2 aliphatic heterocycles. The molecule has 1 saturated heterocycles. The first-order valence-electron chi connectivity index (χ1n) is 8.70. The maximum Gasteiger partial charge on any atom is 0.315 e. The second kappa shape index (κ2) is 7.75. The fourth-order valence-electron chi connectivity index (χ4n) is 3.13. The van der Waals surface area contributed by atoms with Crippen LogP contribution in [-0.4, -0.2) is 38.5 Å². The van der Waals surface area contributed by atoms with Crippen molar-refractivity contribution in [3.8, 4) is 11.5 Å². The molecule has 0 spiro atoms. The smallest absolute Gasteiger partial charge is 0.315 e. The second-order valence-corrected chi connectivity index (χ2v) is 6.43. The quantitative estimate of drug-likeness (QED) is 0.837. The van der Waals surface area contributed by atoms with Crippen LogP contribution in [0, 0.1) is 5.92 Å². The van der Waals surface area contributed by atoms with Crippen LogP contribution in [0.15, 0.2) is 12.1 Å². The lowest BCUT2D eigenvalue weighted by Crippen LogP contribution is -2.38. The molecule has 0 aliphatic carbocycles. The van der Waals surface area contributed by atoms with Crippen molar-refractivity contribution in [2.24, 2.45) is 5.92 Å². The Morgan fingerprint density at radius 3 is 3.00 bits per heavy atom. The molecular formula is C18H26N2O4. The molecule has 2 unspecified atom stereocenters. The van der Waals surface area contributed by atoms with Gasteiger partial charge in [-0.2, -0.15) is 0 Å². The van der Waals surface area contributed by atoms with Gasteiger partial charge in [-0.25, -0.2) is 4.79 Å². The van der Waals surface area contributed by atoms with Crippen molar-refractivity contribution >= 4 is 6.03 Å². The molecule has 6 heteroatoms. The fourth-order valence-corrected chi connectivity index (χ4v) is 3.13. The predicted molar refractivity (Wildman–Crippen MR) is 90.6 cm³/mol. The third kappa shape index (κ3) is 4.12. The van der Waals surface area contributed by atoms with E-state index in [1.165, 1.54) is 5.56 Å². The molecule has 0 aromatic heterocycles. The fraction of sp³-hybridized carbons (Fsp3) is 0.611. The van der Waals surface area contributed by atoms with Gasteiger partial charge >= 0.3 is 6.03 Å². The Labute approximate surface area is 142 Å². The molecule has 3 rings (SSSR count). The average molecular weight is 334 g/mol. The van der Waals surface area contributed by atoms with Gasteiger partial charge in [0.2, 0.25) is 0 Å². The molecular weight excluding hydrogens is 308 g/mol. The lowest BCUT2D eigenvalue weighted by molar-refractivity contribution is 0.185. The van der Waals surface area contributed by atoms with Crippen LogP contribution in [0.3, 0.4) is 0 Å². The van der Waals surface area contributed by atoms with E-state index in [0.717, 1.165) is 43.1 Å². The zero-order valence-corrected chi connectivity index (χ0v) is 14.4. The third-order valence-corrected chi connectivity index (χ3v) is 4.39. The van der Waals surface area contributed by atoms with Crippen LogP contribution >= 0.6 is 0 Å². The largest absolute Gasteiger partial charge is 0.494 e. The molecule has 2 amide bonds. The van der Waals surface area contributed by atoms with Gasteiger partial charge in [-0.3, -0.25) is 0 Å². The van der Waals surface area contributed by atoms with Crippen molar-refractivity contribution in [1.82, 2.24) is 10.6 Å². The molecule has 2 N–H and O–H groups in total. The minimum atomic E-state index is -0.167. The predicted octanol–water partition coefficient (Wildman–Crippen LogP) is 2.24. The minimum absolute atomic E-state index is 0.167. The van der Waals surface area contributed by atoms with Crippen LogP contribution in [0.5, 0.6) is 11.5 Å². The Morgan fingerprint density at radius 2 is 2.25 bits per heavy atom. The Kier molecular flexibility index (Phi) is 5.45. The summed E-state index contributed by atoms with van der Waals surface area (Å²) in [6.45, 7) is 7.19. The van der Waals surface area contributed by atoms with E-state index in [1.54, 1.807) is 0 Å². The molecule has 24 heavy (non-hydrogen) atoms. The number of rotatable bonds is 6. The highest BCUT2D eigenvalue weighted by atomic mass is 16.5. The molecule has 6 nitrogen and oxygen atoms in total. The first kappa shape index (κ1) is 16.9. The Hall–Kier alpha value is -1.95. The normalized spacial score (nSPS) is 21.9. The summed E-state index contributed by atoms with van der Waals surface area (Å²) in [6, 6.07) is 3.85. The molecule has 1 aromatic carbocycles. The van der Waals surface area contributed by atoms with Gasteiger partial charge in [0, 0.05) is 43.2 Å². The van der Waals surface area contributed by atoms with E-state index in [1.807, 2.05) is 19.1 Å². The molecule has 0 radical (unpaired) electrons. The summed E-state index contributed by atoms with van der Waals surface area (Å²) in [5, 5.41) is 5.80. The van der Waals surface area contributed by atoms with Gasteiger partial charge in [0.15, 0.2) is 0 Å². The van der Waals surface area contributed by atoms with Crippen LogP contribution in [0.4, 0.5) is 4.79 Å². The summed E-state index contributed by atoms with van der Waals surface area (Å²) < 4.78 is 16.8. The summed E-state index contributed by atoms with van der Waals surface area (Å²) >= 11 is 0. The van der Waals surface area contributed by atoms with Gasteiger partial charge in [0.1, 0.15) is 17.6 Å². The highest BCUT2D eigenvalue weighted by Gasteiger charge is 2.22. The van der Waals surface area contributed by atoms with E-state index in [9.17, 15) is 4.79 Å². The monoisotopic (exact) mass is 334 g/mol. The third-order valence-electron chi connectivity index (χ3n) is 4.39. The molecule has 2 aliphatic rings. The topological polar surface area (TPSA) is 68.8 Å². The van der Waals surface area contributed by atoms with E-state index >= 15 is 0 Å². The Bertz CT molecular complexity index is 585. The van der Waals surface area contributed by atoms with E-state index in [-0.39, 0.29) is 12.1 Å². The van der Waals surface area contributed by atoms with Crippen molar-refractivity contribution in [3.63, 3.8) is 0 Å². The number of hydrogen-bond acceptors (Lipinski definition) is 4. The van der Waals surface area contributed by atoms with E-state index in [4.69, 9.17) is 14.2 Å². The molecule has 2 atom stereocenters. The summed E-state index contributed by atoms with van der Waals surface area (Å²) in [4.78, 5) is 12.0. The van der Waals surface area contributed by atoms with Gasteiger partial charge in [-0.1, -0.05) is 0 Å². The highest BCUT2D eigenvalue weighted by molar-refractivity contribution is 5.74. The minimum Gasteiger partial charge on any atom is -0.494 e. The Balaban J connectivity index is 1.57. The lowest BCUT2D eigenvalue weighted by atomic mass is 10.1. The number of amides is 2.